The van der Waals surface area contributed by atoms with Crippen LogP contribution >= 0.6 is 0 Å². The van der Waals surface area contributed by atoms with Gasteiger partial charge in [0.25, 0.3) is 0 Å². The summed E-state index contributed by atoms with van der Waals surface area (Å²) in [6, 6.07) is 21.5. The van der Waals surface area contributed by atoms with Crippen LogP contribution in [0.1, 0.15) is 17.2 Å². The van der Waals surface area contributed by atoms with Gasteiger partial charge in [0.05, 0.1) is 6.04 Å². The van der Waals surface area contributed by atoms with Crippen molar-refractivity contribution in [1.82, 2.24) is 9.80 Å². The average molecular weight is 294 g/mol. The fourth-order valence-electron chi connectivity index (χ4n) is 3.11. The summed E-state index contributed by atoms with van der Waals surface area (Å²) >= 11 is 0. The maximum atomic E-state index is 7.58. The average Bonchev–Trinajstić information content (AvgIpc) is 2.57. The van der Waals surface area contributed by atoms with Crippen LogP contribution in [0, 0.1) is 5.41 Å². The first-order valence-corrected chi connectivity index (χ1v) is 7.68. The molecule has 0 amide bonds. The van der Waals surface area contributed by atoms with Gasteiger partial charge in [0.2, 0.25) is 0 Å². The highest BCUT2D eigenvalue weighted by atomic mass is 15.3. The summed E-state index contributed by atoms with van der Waals surface area (Å²) < 4.78 is 0. The van der Waals surface area contributed by atoms with E-state index in [1.807, 2.05) is 4.90 Å². The van der Waals surface area contributed by atoms with Crippen LogP contribution in [0.4, 0.5) is 0 Å². The molecule has 2 aromatic rings. The van der Waals surface area contributed by atoms with Gasteiger partial charge in [0.15, 0.2) is 5.96 Å². The number of nitrogens with two attached hydrogens (primary N) is 1. The number of nitrogens with one attached hydrogen (secondary N) is 1. The molecule has 1 aliphatic heterocycles. The van der Waals surface area contributed by atoms with Gasteiger partial charge in [0, 0.05) is 26.2 Å². The zero-order chi connectivity index (χ0) is 15.4. The third-order valence-electron chi connectivity index (χ3n) is 4.25. The minimum atomic E-state index is 0.177. The molecule has 0 saturated carbocycles. The molecule has 0 unspecified atom stereocenters. The van der Waals surface area contributed by atoms with E-state index in [0.29, 0.717) is 0 Å². The first kappa shape index (κ1) is 14.6. The van der Waals surface area contributed by atoms with E-state index in [9.17, 15) is 0 Å². The highest BCUT2D eigenvalue weighted by Crippen LogP contribution is 2.29. The van der Waals surface area contributed by atoms with Crippen molar-refractivity contribution in [3.63, 3.8) is 0 Å². The van der Waals surface area contributed by atoms with E-state index in [4.69, 9.17) is 11.1 Å². The van der Waals surface area contributed by atoms with Crippen LogP contribution in [0.2, 0.25) is 0 Å². The highest BCUT2D eigenvalue weighted by Gasteiger charge is 2.26. The summed E-state index contributed by atoms with van der Waals surface area (Å²) in [5.74, 6) is 0.177. The lowest BCUT2D eigenvalue weighted by Gasteiger charge is -2.39. The Hall–Kier alpha value is -2.33. The van der Waals surface area contributed by atoms with Crippen LogP contribution in [0.15, 0.2) is 60.7 Å². The van der Waals surface area contributed by atoms with Crippen molar-refractivity contribution in [1.29, 1.82) is 5.41 Å². The fraction of sp³-hybridized carbons (Fsp3) is 0.278. The van der Waals surface area contributed by atoms with Gasteiger partial charge < -0.3 is 10.6 Å². The maximum absolute atomic E-state index is 7.58. The van der Waals surface area contributed by atoms with Crippen molar-refractivity contribution < 1.29 is 0 Å². The summed E-state index contributed by atoms with van der Waals surface area (Å²) in [6.07, 6.45) is 0. The van der Waals surface area contributed by atoms with E-state index in [0.717, 1.165) is 26.2 Å². The van der Waals surface area contributed by atoms with Gasteiger partial charge in [-0.2, -0.15) is 0 Å². The molecule has 0 spiro atoms. The van der Waals surface area contributed by atoms with Crippen LogP contribution < -0.4 is 5.73 Å². The Morgan fingerprint density at radius 3 is 1.68 bits per heavy atom. The second-order valence-electron chi connectivity index (χ2n) is 5.63. The van der Waals surface area contributed by atoms with Crippen molar-refractivity contribution in [3.05, 3.63) is 71.8 Å². The molecule has 0 radical (unpaired) electrons. The van der Waals surface area contributed by atoms with E-state index in [2.05, 4.69) is 65.6 Å². The van der Waals surface area contributed by atoms with Crippen LogP contribution in [0.5, 0.6) is 0 Å². The first-order valence-electron chi connectivity index (χ1n) is 7.68. The third-order valence-corrected chi connectivity index (χ3v) is 4.25. The van der Waals surface area contributed by atoms with Crippen molar-refractivity contribution in [2.45, 2.75) is 6.04 Å². The standard InChI is InChI=1S/C18H22N4/c19-18(20)22-13-11-21(12-14-22)17(15-7-3-1-4-8-15)16-9-5-2-6-10-16/h1-10,17H,11-14H2,(H3,19,20). The van der Waals surface area contributed by atoms with E-state index in [-0.39, 0.29) is 12.0 Å². The smallest absolute Gasteiger partial charge is 0.188 e. The fourth-order valence-corrected chi connectivity index (χ4v) is 3.11. The van der Waals surface area contributed by atoms with Gasteiger partial charge in [-0.1, -0.05) is 60.7 Å². The molecular formula is C18H22N4. The minimum Gasteiger partial charge on any atom is -0.370 e. The molecule has 3 rings (SSSR count). The second kappa shape index (κ2) is 6.62. The molecule has 4 heteroatoms. The number of piperazine rings is 1. The molecule has 22 heavy (non-hydrogen) atoms. The largest absolute Gasteiger partial charge is 0.370 e. The lowest BCUT2D eigenvalue weighted by atomic mass is 9.96. The van der Waals surface area contributed by atoms with Gasteiger partial charge >= 0.3 is 0 Å². The summed E-state index contributed by atoms with van der Waals surface area (Å²) in [7, 11) is 0. The van der Waals surface area contributed by atoms with Gasteiger partial charge in [-0.3, -0.25) is 10.3 Å². The maximum Gasteiger partial charge on any atom is 0.188 e. The summed E-state index contributed by atoms with van der Waals surface area (Å²) in [5.41, 5.74) is 8.22. The first-order chi connectivity index (χ1) is 10.8. The molecule has 0 aromatic heterocycles. The lowest BCUT2D eigenvalue weighted by molar-refractivity contribution is 0.149. The molecule has 2 aromatic carbocycles. The quantitative estimate of drug-likeness (QED) is 0.674. The van der Waals surface area contributed by atoms with Gasteiger partial charge in [-0.05, 0) is 11.1 Å². The lowest BCUT2D eigenvalue weighted by Crippen LogP contribution is -2.51. The Balaban J connectivity index is 1.86. The Morgan fingerprint density at radius 1 is 0.818 bits per heavy atom. The molecule has 1 heterocycles. The Bertz CT molecular complexity index is 564. The van der Waals surface area contributed by atoms with Gasteiger partial charge in [0.1, 0.15) is 0 Å². The molecule has 3 N–H and O–H groups in total. The second-order valence-corrected chi connectivity index (χ2v) is 5.63. The predicted molar refractivity (Wildman–Crippen MR) is 89.8 cm³/mol. The minimum absolute atomic E-state index is 0.177. The summed E-state index contributed by atoms with van der Waals surface area (Å²) in [4.78, 5) is 4.41. The van der Waals surface area contributed by atoms with E-state index < -0.39 is 0 Å². The van der Waals surface area contributed by atoms with E-state index in [1.54, 1.807) is 0 Å². The predicted octanol–water partition coefficient (Wildman–Crippen LogP) is 2.29. The molecule has 114 valence electrons. The molecule has 4 nitrogen and oxygen atoms in total. The highest BCUT2D eigenvalue weighted by molar-refractivity contribution is 5.74. The molecule has 0 aliphatic carbocycles. The SMILES string of the molecule is N=C(N)N1CCN(C(c2ccccc2)c2ccccc2)CC1. The summed E-state index contributed by atoms with van der Waals surface area (Å²) in [5, 5.41) is 7.58. The number of nitrogens with zero attached hydrogens (tertiary/aromatic N) is 2. The van der Waals surface area contributed by atoms with Crippen molar-refractivity contribution in [2.75, 3.05) is 26.2 Å². The zero-order valence-corrected chi connectivity index (χ0v) is 12.7. The summed E-state index contributed by atoms with van der Waals surface area (Å²) in [6.45, 7) is 3.44. The third kappa shape index (κ3) is 3.12. The number of hydrogen-bond acceptors (Lipinski definition) is 2. The number of benzene rings is 2. The van der Waals surface area contributed by atoms with Crippen LogP contribution in [0.25, 0.3) is 0 Å². The van der Waals surface area contributed by atoms with Crippen molar-refractivity contribution >= 4 is 5.96 Å². The molecule has 1 saturated heterocycles. The number of hydrogen-bond donors (Lipinski definition) is 2. The molecule has 1 aliphatic rings. The number of rotatable bonds is 3. The molecule has 1 fully saturated rings. The van der Waals surface area contributed by atoms with Gasteiger partial charge in [-0.25, -0.2) is 0 Å². The monoisotopic (exact) mass is 294 g/mol. The van der Waals surface area contributed by atoms with Crippen LogP contribution in [0.3, 0.4) is 0 Å². The van der Waals surface area contributed by atoms with Crippen molar-refractivity contribution in [3.8, 4) is 0 Å². The van der Waals surface area contributed by atoms with E-state index in [1.165, 1.54) is 11.1 Å². The van der Waals surface area contributed by atoms with Crippen LogP contribution in [-0.2, 0) is 0 Å². The molecule has 0 atom stereocenters. The van der Waals surface area contributed by atoms with Crippen molar-refractivity contribution in [2.24, 2.45) is 5.73 Å². The topological polar surface area (TPSA) is 56.4 Å². The Labute approximate surface area is 131 Å². The normalized spacial score (nSPS) is 16.0. The zero-order valence-electron chi connectivity index (χ0n) is 12.7. The van der Waals surface area contributed by atoms with E-state index >= 15 is 0 Å². The molecule has 0 bridgehead atoms. The van der Waals surface area contributed by atoms with Crippen LogP contribution in [-0.4, -0.2) is 41.9 Å². The Kier molecular flexibility index (Phi) is 4.39. The molecular weight excluding hydrogens is 272 g/mol. The Morgan fingerprint density at radius 2 is 1.27 bits per heavy atom. The van der Waals surface area contributed by atoms with Gasteiger partial charge in [-0.15, -0.1) is 0 Å². The number of guanidine groups is 1.